The molecule has 1 fully saturated rings. The molecule has 2 N–H and O–H groups in total. The van der Waals surface area contributed by atoms with Crippen LogP contribution in [0.15, 0.2) is 24.3 Å². The van der Waals surface area contributed by atoms with E-state index in [2.05, 4.69) is 4.90 Å². The van der Waals surface area contributed by atoms with E-state index in [1.165, 1.54) is 0 Å². The Morgan fingerprint density at radius 2 is 2.00 bits per heavy atom. The minimum atomic E-state index is -0.377. The number of non-ortho nitro benzene ring substituents is 1. The van der Waals surface area contributed by atoms with Gasteiger partial charge in [-0.1, -0.05) is 12.1 Å². The number of benzene rings is 1. The van der Waals surface area contributed by atoms with Crippen LogP contribution in [0.1, 0.15) is 5.56 Å². The van der Waals surface area contributed by atoms with Crippen molar-refractivity contribution >= 4 is 5.69 Å². The summed E-state index contributed by atoms with van der Waals surface area (Å²) in [7, 11) is 0. The van der Waals surface area contributed by atoms with Gasteiger partial charge in [-0.2, -0.15) is 0 Å². The van der Waals surface area contributed by atoms with Crippen LogP contribution in [0.5, 0.6) is 0 Å². The van der Waals surface area contributed by atoms with Crippen molar-refractivity contribution in [2.24, 2.45) is 5.73 Å². The topological polar surface area (TPSA) is 72.4 Å². The molecule has 0 spiro atoms. The van der Waals surface area contributed by atoms with Gasteiger partial charge in [0.1, 0.15) is 0 Å². The molecule has 16 heavy (non-hydrogen) atoms. The molecule has 0 unspecified atom stereocenters. The number of hydrogen-bond acceptors (Lipinski definition) is 4. The van der Waals surface area contributed by atoms with Gasteiger partial charge in [-0.05, 0) is 12.0 Å². The number of nitro groups is 1. The molecule has 1 aromatic rings. The first-order valence-corrected chi connectivity index (χ1v) is 5.36. The highest BCUT2D eigenvalue weighted by Gasteiger charge is 2.21. The lowest BCUT2D eigenvalue weighted by Gasteiger charge is -2.36. The Morgan fingerprint density at radius 3 is 2.50 bits per heavy atom. The minimum Gasteiger partial charge on any atom is -0.325 e. The van der Waals surface area contributed by atoms with Crippen LogP contribution in [0.25, 0.3) is 0 Å². The first kappa shape index (κ1) is 11.0. The third-order valence-corrected chi connectivity index (χ3v) is 2.85. The maximum Gasteiger partial charge on any atom is 0.269 e. The normalized spacial score (nSPS) is 17.1. The Kier molecular flexibility index (Phi) is 3.17. The highest BCUT2D eigenvalue weighted by atomic mass is 16.6. The summed E-state index contributed by atoms with van der Waals surface area (Å²) in [5.74, 6) is 0. The fourth-order valence-corrected chi connectivity index (χ4v) is 1.86. The average molecular weight is 221 g/mol. The number of nitrogens with zero attached hydrogens (tertiary/aromatic N) is 2. The van der Waals surface area contributed by atoms with Gasteiger partial charge in [0.2, 0.25) is 0 Å². The van der Waals surface area contributed by atoms with E-state index in [1.54, 1.807) is 12.1 Å². The van der Waals surface area contributed by atoms with Crippen LogP contribution in [0.2, 0.25) is 0 Å². The zero-order chi connectivity index (χ0) is 11.5. The molecule has 5 nitrogen and oxygen atoms in total. The first-order valence-electron chi connectivity index (χ1n) is 5.36. The van der Waals surface area contributed by atoms with Crippen molar-refractivity contribution in [2.45, 2.75) is 12.5 Å². The van der Waals surface area contributed by atoms with Crippen LogP contribution in [-0.4, -0.2) is 35.5 Å². The van der Waals surface area contributed by atoms with E-state index < -0.39 is 0 Å². The number of rotatable bonds is 4. The van der Waals surface area contributed by atoms with Crippen LogP contribution in [0.4, 0.5) is 5.69 Å². The second-order valence-electron chi connectivity index (χ2n) is 4.19. The molecule has 0 amide bonds. The summed E-state index contributed by atoms with van der Waals surface area (Å²) in [6.45, 7) is 2.91. The molecule has 5 heteroatoms. The van der Waals surface area contributed by atoms with E-state index in [0.717, 1.165) is 31.6 Å². The molecular weight excluding hydrogens is 206 g/mol. The van der Waals surface area contributed by atoms with Crippen molar-refractivity contribution in [3.05, 3.63) is 39.9 Å². The molecule has 86 valence electrons. The molecule has 0 bridgehead atoms. The summed E-state index contributed by atoms with van der Waals surface area (Å²) in [5, 5.41) is 10.5. The average Bonchev–Trinajstić information content (AvgIpc) is 2.23. The molecule has 1 heterocycles. The largest absolute Gasteiger partial charge is 0.325 e. The van der Waals surface area contributed by atoms with Crippen molar-refractivity contribution < 1.29 is 4.92 Å². The van der Waals surface area contributed by atoms with Crippen LogP contribution in [0.3, 0.4) is 0 Å². The minimum absolute atomic E-state index is 0.148. The Balaban J connectivity index is 1.83. The van der Waals surface area contributed by atoms with Crippen molar-refractivity contribution in [1.82, 2.24) is 4.90 Å². The van der Waals surface area contributed by atoms with Crippen LogP contribution < -0.4 is 5.73 Å². The van der Waals surface area contributed by atoms with Crippen molar-refractivity contribution in [3.8, 4) is 0 Å². The van der Waals surface area contributed by atoms with E-state index in [4.69, 9.17) is 5.73 Å². The summed E-state index contributed by atoms with van der Waals surface area (Å²) >= 11 is 0. The van der Waals surface area contributed by atoms with Crippen molar-refractivity contribution in [1.29, 1.82) is 0 Å². The molecule has 2 rings (SSSR count). The SMILES string of the molecule is NC1CN(CCc2ccc([N+](=O)[O-])cc2)C1. The summed E-state index contributed by atoms with van der Waals surface area (Å²) in [6.07, 6.45) is 0.921. The molecule has 0 atom stereocenters. The predicted octanol–water partition coefficient (Wildman–Crippen LogP) is 0.780. The molecular formula is C11H15N3O2. The van der Waals surface area contributed by atoms with E-state index in [-0.39, 0.29) is 10.6 Å². The molecule has 1 saturated heterocycles. The monoisotopic (exact) mass is 221 g/mol. The fourth-order valence-electron chi connectivity index (χ4n) is 1.86. The number of nitro benzene ring substituents is 1. The van der Waals surface area contributed by atoms with Crippen LogP contribution in [0, 0.1) is 10.1 Å². The molecule has 0 saturated carbocycles. The van der Waals surface area contributed by atoms with Crippen LogP contribution in [-0.2, 0) is 6.42 Å². The zero-order valence-corrected chi connectivity index (χ0v) is 9.00. The second kappa shape index (κ2) is 4.59. The van der Waals surface area contributed by atoms with Gasteiger partial charge in [0, 0.05) is 37.8 Å². The van der Waals surface area contributed by atoms with Gasteiger partial charge in [0.25, 0.3) is 5.69 Å². The smallest absolute Gasteiger partial charge is 0.269 e. The van der Waals surface area contributed by atoms with Gasteiger partial charge in [-0.25, -0.2) is 0 Å². The molecule has 0 aromatic heterocycles. The molecule has 1 aromatic carbocycles. The summed E-state index contributed by atoms with van der Waals surface area (Å²) < 4.78 is 0. The van der Waals surface area contributed by atoms with Crippen molar-refractivity contribution in [3.63, 3.8) is 0 Å². The summed E-state index contributed by atoms with van der Waals surface area (Å²) in [5.41, 5.74) is 6.95. The standard InChI is InChI=1S/C11H15N3O2/c12-10-7-13(8-10)6-5-9-1-3-11(4-2-9)14(15)16/h1-4,10H,5-8,12H2. The first-order chi connectivity index (χ1) is 7.65. The summed E-state index contributed by atoms with van der Waals surface area (Å²) in [4.78, 5) is 12.4. The van der Waals surface area contributed by atoms with Crippen molar-refractivity contribution in [2.75, 3.05) is 19.6 Å². The van der Waals surface area contributed by atoms with Crippen LogP contribution >= 0.6 is 0 Å². The molecule has 1 aliphatic rings. The van der Waals surface area contributed by atoms with Gasteiger partial charge in [-0.3, -0.25) is 15.0 Å². The zero-order valence-electron chi connectivity index (χ0n) is 9.00. The molecule has 1 aliphatic heterocycles. The number of nitrogens with two attached hydrogens (primary N) is 1. The Morgan fingerprint density at radius 1 is 1.38 bits per heavy atom. The third-order valence-electron chi connectivity index (χ3n) is 2.85. The Labute approximate surface area is 94.0 Å². The van der Waals surface area contributed by atoms with Gasteiger partial charge in [0.05, 0.1) is 4.92 Å². The van der Waals surface area contributed by atoms with E-state index in [1.807, 2.05) is 12.1 Å². The fraction of sp³-hybridized carbons (Fsp3) is 0.455. The maximum atomic E-state index is 10.5. The van der Waals surface area contributed by atoms with Gasteiger partial charge < -0.3 is 5.73 Å². The highest BCUT2D eigenvalue weighted by molar-refractivity contribution is 5.32. The van der Waals surface area contributed by atoms with Gasteiger partial charge >= 0.3 is 0 Å². The molecule has 0 aliphatic carbocycles. The Hall–Kier alpha value is -1.46. The third kappa shape index (κ3) is 2.56. The number of hydrogen-bond donors (Lipinski definition) is 1. The predicted molar refractivity (Wildman–Crippen MR) is 61.2 cm³/mol. The lowest BCUT2D eigenvalue weighted by Crippen LogP contribution is -2.55. The number of likely N-dealkylation sites (tertiary alicyclic amines) is 1. The van der Waals surface area contributed by atoms with Gasteiger partial charge in [0.15, 0.2) is 0 Å². The lowest BCUT2D eigenvalue weighted by atomic mass is 10.1. The van der Waals surface area contributed by atoms with E-state index in [9.17, 15) is 10.1 Å². The van der Waals surface area contributed by atoms with E-state index in [0.29, 0.717) is 6.04 Å². The molecule has 0 radical (unpaired) electrons. The lowest BCUT2D eigenvalue weighted by molar-refractivity contribution is -0.384. The van der Waals surface area contributed by atoms with Gasteiger partial charge in [-0.15, -0.1) is 0 Å². The summed E-state index contributed by atoms with van der Waals surface area (Å²) in [6, 6.07) is 7.07. The quantitative estimate of drug-likeness (QED) is 0.602. The van der Waals surface area contributed by atoms with E-state index >= 15 is 0 Å². The highest BCUT2D eigenvalue weighted by Crippen LogP contribution is 2.13. The maximum absolute atomic E-state index is 10.5. The Bertz CT molecular complexity index is 371. The second-order valence-corrected chi connectivity index (χ2v) is 4.19.